The number of hydrogen-bond acceptors (Lipinski definition) is 2. The maximum absolute atomic E-state index is 4.44. The summed E-state index contributed by atoms with van der Waals surface area (Å²) < 4.78 is 2.20. The lowest BCUT2D eigenvalue weighted by molar-refractivity contribution is 0.637. The molecule has 0 bridgehead atoms. The monoisotopic (exact) mass is 502 g/mol. The molecule has 0 spiro atoms. The molecule has 0 aliphatic rings. The first kappa shape index (κ1) is 21.2. The quantitative estimate of drug-likeness (QED) is 0.155. The zero-order valence-electron chi connectivity index (χ0n) is 16.6. The van der Waals surface area contributed by atoms with E-state index < -0.39 is 0 Å². The van der Waals surface area contributed by atoms with Gasteiger partial charge >= 0.3 is 0 Å². The van der Waals surface area contributed by atoms with Gasteiger partial charge < -0.3 is 20.2 Å². The number of imidazole rings is 1. The Labute approximate surface area is 187 Å². The number of aromatic nitrogens is 3. The second-order valence-corrected chi connectivity index (χ2v) is 6.82. The molecule has 0 radical (unpaired) electrons. The molecule has 0 aliphatic heterocycles. The third kappa shape index (κ3) is 5.09. The van der Waals surface area contributed by atoms with Crippen LogP contribution in [0.1, 0.15) is 12.0 Å². The average molecular weight is 502 g/mol. The zero-order chi connectivity index (χ0) is 19.2. The van der Waals surface area contributed by atoms with Crippen LogP contribution >= 0.6 is 24.0 Å². The Balaban J connectivity index is 0.00000240. The fraction of sp³-hybridized carbons (Fsp3) is 0.273. The Kier molecular flexibility index (Phi) is 7.51. The summed E-state index contributed by atoms with van der Waals surface area (Å²) in [6, 6.07) is 16.6. The van der Waals surface area contributed by atoms with Crippen LogP contribution < -0.4 is 10.6 Å². The Bertz CT molecular complexity index is 1080. The second-order valence-electron chi connectivity index (χ2n) is 6.82. The van der Waals surface area contributed by atoms with Crippen molar-refractivity contribution in [2.75, 3.05) is 20.1 Å². The standard InChI is InChI=1S/C22H26N6.HI/c1-23-22(25-13-11-17-15-26-19-8-3-2-7-18(17)19)24-12-6-14-28-16-27-20-9-4-5-10-21(20)28;/h2-5,7-10,15-16,26H,6,11-14H2,1H3,(H2,23,24,25);1H. The SMILES string of the molecule is CN=C(NCCCn1cnc2ccccc21)NCCc1c[nH]c2ccccc12.I. The van der Waals surface area contributed by atoms with E-state index in [9.17, 15) is 0 Å². The maximum atomic E-state index is 4.44. The van der Waals surface area contributed by atoms with E-state index in [1.54, 1.807) is 0 Å². The van der Waals surface area contributed by atoms with Crippen LogP contribution in [0.3, 0.4) is 0 Å². The molecule has 152 valence electrons. The zero-order valence-corrected chi connectivity index (χ0v) is 18.9. The molecule has 2 aromatic heterocycles. The van der Waals surface area contributed by atoms with Gasteiger partial charge in [0, 0.05) is 43.8 Å². The van der Waals surface area contributed by atoms with Crippen molar-refractivity contribution in [3.8, 4) is 0 Å². The molecule has 0 saturated carbocycles. The van der Waals surface area contributed by atoms with Gasteiger partial charge in [-0.05, 0) is 36.6 Å². The predicted octanol–water partition coefficient (Wildman–Crippen LogP) is 3.93. The molecule has 2 aromatic carbocycles. The van der Waals surface area contributed by atoms with Gasteiger partial charge in [-0.3, -0.25) is 4.99 Å². The van der Waals surface area contributed by atoms with Crippen molar-refractivity contribution in [3.05, 3.63) is 66.6 Å². The van der Waals surface area contributed by atoms with E-state index in [0.29, 0.717) is 0 Å². The van der Waals surface area contributed by atoms with Gasteiger partial charge in [-0.15, -0.1) is 24.0 Å². The van der Waals surface area contributed by atoms with Gasteiger partial charge in [0.25, 0.3) is 0 Å². The topological polar surface area (TPSA) is 70.0 Å². The smallest absolute Gasteiger partial charge is 0.190 e. The van der Waals surface area contributed by atoms with Crippen LogP contribution in [0, 0.1) is 0 Å². The Hall–Kier alpha value is -2.55. The van der Waals surface area contributed by atoms with E-state index in [-0.39, 0.29) is 24.0 Å². The minimum absolute atomic E-state index is 0. The number of nitrogens with zero attached hydrogens (tertiary/aromatic N) is 3. The minimum atomic E-state index is 0. The Morgan fingerprint density at radius 3 is 2.76 bits per heavy atom. The van der Waals surface area contributed by atoms with E-state index in [0.717, 1.165) is 44.0 Å². The van der Waals surface area contributed by atoms with Crippen molar-refractivity contribution >= 4 is 51.9 Å². The number of para-hydroxylation sites is 3. The summed E-state index contributed by atoms with van der Waals surface area (Å²) in [4.78, 5) is 12.1. The number of H-pyrrole nitrogens is 1. The number of hydrogen-bond donors (Lipinski definition) is 3. The molecule has 4 aromatic rings. The van der Waals surface area contributed by atoms with Gasteiger partial charge in [-0.1, -0.05) is 30.3 Å². The fourth-order valence-electron chi connectivity index (χ4n) is 3.52. The van der Waals surface area contributed by atoms with Crippen LogP contribution in [0.4, 0.5) is 0 Å². The van der Waals surface area contributed by atoms with Crippen molar-refractivity contribution in [1.82, 2.24) is 25.2 Å². The fourth-order valence-corrected chi connectivity index (χ4v) is 3.52. The van der Waals surface area contributed by atoms with Gasteiger partial charge in [-0.2, -0.15) is 0 Å². The van der Waals surface area contributed by atoms with Crippen LogP contribution in [0.25, 0.3) is 21.9 Å². The van der Waals surface area contributed by atoms with E-state index in [4.69, 9.17) is 0 Å². The van der Waals surface area contributed by atoms with Crippen molar-refractivity contribution in [2.24, 2.45) is 4.99 Å². The number of nitrogens with one attached hydrogen (secondary N) is 3. The number of guanidine groups is 1. The van der Waals surface area contributed by atoms with Gasteiger partial charge in [0.2, 0.25) is 0 Å². The highest BCUT2D eigenvalue weighted by Crippen LogP contribution is 2.17. The third-order valence-corrected chi connectivity index (χ3v) is 4.98. The number of aromatic amines is 1. The summed E-state index contributed by atoms with van der Waals surface area (Å²) in [6.07, 6.45) is 5.96. The van der Waals surface area contributed by atoms with E-state index in [1.807, 2.05) is 25.5 Å². The summed E-state index contributed by atoms with van der Waals surface area (Å²) in [6.45, 7) is 2.63. The number of halogens is 1. The van der Waals surface area contributed by atoms with Crippen molar-refractivity contribution in [1.29, 1.82) is 0 Å². The van der Waals surface area contributed by atoms with E-state index in [1.165, 1.54) is 22.0 Å². The number of benzene rings is 2. The summed E-state index contributed by atoms with van der Waals surface area (Å²) in [5, 5.41) is 8.09. The minimum Gasteiger partial charge on any atom is -0.361 e. The molecule has 0 fully saturated rings. The molecular formula is C22H27IN6. The van der Waals surface area contributed by atoms with Crippen molar-refractivity contribution in [2.45, 2.75) is 19.4 Å². The highest BCUT2D eigenvalue weighted by atomic mass is 127. The van der Waals surface area contributed by atoms with Crippen LogP contribution in [-0.4, -0.2) is 40.6 Å². The maximum Gasteiger partial charge on any atom is 0.190 e. The van der Waals surface area contributed by atoms with Crippen LogP contribution in [0.2, 0.25) is 0 Å². The molecule has 0 aliphatic carbocycles. The van der Waals surface area contributed by atoms with Crippen LogP contribution in [-0.2, 0) is 13.0 Å². The summed E-state index contributed by atoms with van der Waals surface area (Å²) in [5.74, 6) is 0.843. The molecule has 0 unspecified atom stereocenters. The van der Waals surface area contributed by atoms with Crippen molar-refractivity contribution < 1.29 is 0 Å². The predicted molar refractivity (Wildman–Crippen MR) is 131 cm³/mol. The second kappa shape index (κ2) is 10.3. The third-order valence-electron chi connectivity index (χ3n) is 4.98. The first-order chi connectivity index (χ1) is 13.8. The number of aliphatic imine (C=N–C) groups is 1. The lowest BCUT2D eigenvalue weighted by atomic mass is 10.1. The molecule has 6 nitrogen and oxygen atoms in total. The molecule has 7 heteroatoms. The molecule has 0 amide bonds. The molecule has 2 heterocycles. The molecule has 0 atom stereocenters. The normalized spacial score (nSPS) is 11.6. The highest BCUT2D eigenvalue weighted by Gasteiger charge is 2.04. The van der Waals surface area contributed by atoms with E-state index >= 15 is 0 Å². The number of fused-ring (bicyclic) bond motifs is 2. The average Bonchev–Trinajstić information content (AvgIpc) is 3.34. The molecule has 29 heavy (non-hydrogen) atoms. The first-order valence-electron chi connectivity index (χ1n) is 9.74. The van der Waals surface area contributed by atoms with Crippen LogP contribution in [0.5, 0.6) is 0 Å². The van der Waals surface area contributed by atoms with Gasteiger partial charge in [0.1, 0.15) is 0 Å². The largest absolute Gasteiger partial charge is 0.361 e. The summed E-state index contributed by atoms with van der Waals surface area (Å²) in [5.41, 5.74) is 4.74. The Morgan fingerprint density at radius 1 is 1.07 bits per heavy atom. The highest BCUT2D eigenvalue weighted by molar-refractivity contribution is 14.0. The molecular weight excluding hydrogens is 475 g/mol. The first-order valence-corrected chi connectivity index (χ1v) is 9.74. The van der Waals surface area contributed by atoms with Gasteiger partial charge in [0.15, 0.2) is 5.96 Å². The summed E-state index contributed by atoms with van der Waals surface area (Å²) in [7, 11) is 1.81. The van der Waals surface area contributed by atoms with Gasteiger partial charge in [-0.25, -0.2) is 4.98 Å². The number of rotatable bonds is 7. The molecule has 3 N–H and O–H groups in total. The number of aryl methyl sites for hydroxylation is 1. The van der Waals surface area contributed by atoms with Crippen molar-refractivity contribution in [3.63, 3.8) is 0 Å². The van der Waals surface area contributed by atoms with Crippen LogP contribution in [0.15, 0.2) is 66.0 Å². The molecule has 0 saturated heterocycles. The summed E-state index contributed by atoms with van der Waals surface area (Å²) >= 11 is 0. The molecule has 4 rings (SSSR count). The lowest BCUT2D eigenvalue weighted by Crippen LogP contribution is -2.38. The van der Waals surface area contributed by atoms with Gasteiger partial charge in [0.05, 0.1) is 17.4 Å². The Morgan fingerprint density at radius 2 is 1.86 bits per heavy atom. The lowest BCUT2D eigenvalue weighted by Gasteiger charge is -2.12. The van der Waals surface area contributed by atoms with E-state index in [2.05, 4.69) is 72.8 Å².